The number of nitrogens with zero attached hydrogens (tertiary/aromatic N) is 5. The molecule has 2 aliphatic rings. The quantitative estimate of drug-likeness (QED) is 0.750. The van der Waals surface area contributed by atoms with Crippen molar-refractivity contribution in [1.29, 1.82) is 5.26 Å². The van der Waals surface area contributed by atoms with Crippen LogP contribution < -0.4 is 10.6 Å². The summed E-state index contributed by atoms with van der Waals surface area (Å²) in [5.41, 5.74) is 7.21. The van der Waals surface area contributed by atoms with E-state index in [4.69, 9.17) is 11.0 Å². The average Bonchev–Trinajstić information content (AvgIpc) is 3.08. The highest BCUT2D eigenvalue weighted by Gasteiger charge is 2.37. The van der Waals surface area contributed by atoms with E-state index in [9.17, 15) is 9.59 Å². The number of H-pyrrole nitrogens is 1. The number of primary amides is 1. The number of carbonyl (C=O) groups excluding carboxylic acids is 2. The molecule has 9 heteroatoms. The van der Waals surface area contributed by atoms with Crippen molar-refractivity contribution in [3.05, 3.63) is 24.0 Å². The number of hydrogen-bond donors (Lipinski definition) is 2. The van der Waals surface area contributed by atoms with Crippen LogP contribution >= 0.6 is 0 Å². The predicted octanol–water partition coefficient (Wildman–Crippen LogP) is 0.655. The highest BCUT2D eigenvalue weighted by atomic mass is 16.2. The maximum absolute atomic E-state index is 12.5. The van der Waals surface area contributed by atoms with Crippen LogP contribution in [0, 0.1) is 23.2 Å². The summed E-state index contributed by atoms with van der Waals surface area (Å²) in [6.07, 6.45) is 7.72. The van der Waals surface area contributed by atoms with Crippen LogP contribution in [0.4, 0.5) is 5.82 Å². The van der Waals surface area contributed by atoms with Crippen molar-refractivity contribution in [1.82, 2.24) is 19.9 Å². The first-order valence-electron chi connectivity index (χ1n) is 9.30. The fraction of sp³-hybridized carbons (Fsp3) is 0.421. The molecule has 2 fully saturated rings. The third-order valence-corrected chi connectivity index (χ3v) is 5.41. The Balaban J connectivity index is 1.42. The molecule has 1 saturated heterocycles. The third-order valence-electron chi connectivity index (χ3n) is 5.41. The second-order valence-corrected chi connectivity index (χ2v) is 7.21. The summed E-state index contributed by atoms with van der Waals surface area (Å²) >= 11 is 0. The van der Waals surface area contributed by atoms with E-state index in [1.807, 2.05) is 4.90 Å². The van der Waals surface area contributed by atoms with Crippen LogP contribution in [0.5, 0.6) is 0 Å². The van der Waals surface area contributed by atoms with Gasteiger partial charge in [0, 0.05) is 55.9 Å². The zero-order valence-corrected chi connectivity index (χ0v) is 15.3. The lowest BCUT2D eigenvalue weighted by molar-refractivity contribution is -0.139. The summed E-state index contributed by atoms with van der Waals surface area (Å²) in [6, 6.07) is 2.22. The van der Waals surface area contributed by atoms with Crippen LogP contribution in [0.15, 0.2) is 18.5 Å². The predicted molar refractivity (Wildman–Crippen MR) is 103 cm³/mol. The maximum Gasteiger partial charge on any atom is 0.241 e. The molecule has 9 nitrogen and oxygen atoms in total. The molecule has 3 heterocycles. The smallest absolute Gasteiger partial charge is 0.241 e. The maximum atomic E-state index is 12.5. The van der Waals surface area contributed by atoms with Gasteiger partial charge in [-0.15, -0.1) is 0 Å². The van der Waals surface area contributed by atoms with Gasteiger partial charge in [-0.25, -0.2) is 9.97 Å². The van der Waals surface area contributed by atoms with E-state index in [1.165, 1.54) is 6.08 Å². The number of aromatic amines is 1. The summed E-state index contributed by atoms with van der Waals surface area (Å²) in [4.78, 5) is 39.6. The van der Waals surface area contributed by atoms with E-state index in [0.29, 0.717) is 50.2 Å². The van der Waals surface area contributed by atoms with Gasteiger partial charge in [0.15, 0.2) is 5.65 Å². The zero-order valence-electron chi connectivity index (χ0n) is 15.3. The standard InChI is InChI=1S/C19H21N7O2/c20-9-12-7-14(8-12)19(28)26-5-3-25(4-6-26)16-11-23-18-17(24-16)13(10-22-18)1-2-15(21)27/h1-2,10-12,14H,3-8H2,(H2,21,27)(H,22,23). The molecule has 1 saturated carbocycles. The lowest BCUT2D eigenvalue weighted by atomic mass is 9.75. The van der Waals surface area contributed by atoms with E-state index in [1.54, 1.807) is 18.5 Å². The summed E-state index contributed by atoms with van der Waals surface area (Å²) in [6.45, 7) is 2.62. The number of rotatable bonds is 4. The SMILES string of the molecule is N#CC1CC(C(=O)N2CCN(c3cnc4[nH]cc(C=CC(N)=O)c4n3)CC2)C1. The topological polar surface area (TPSA) is 132 Å². The second-order valence-electron chi connectivity index (χ2n) is 7.21. The number of aromatic nitrogens is 3. The molecular formula is C19H21N7O2. The number of nitrogens with two attached hydrogens (primary N) is 1. The molecule has 28 heavy (non-hydrogen) atoms. The Kier molecular flexibility index (Phi) is 4.69. The molecule has 4 rings (SSSR count). The van der Waals surface area contributed by atoms with Gasteiger partial charge < -0.3 is 20.5 Å². The zero-order chi connectivity index (χ0) is 19.7. The van der Waals surface area contributed by atoms with Gasteiger partial charge in [-0.05, 0) is 18.9 Å². The highest BCUT2D eigenvalue weighted by molar-refractivity contribution is 5.93. The Hall–Kier alpha value is -3.41. The molecule has 2 aromatic rings. The molecule has 3 N–H and O–H groups in total. The summed E-state index contributed by atoms with van der Waals surface area (Å²) in [5.74, 6) is 0.424. The molecule has 1 aliphatic carbocycles. The largest absolute Gasteiger partial charge is 0.366 e. The van der Waals surface area contributed by atoms with Gasteiger partial charge in [0.2, 0.25) is 11.8 Å². The van der Waals surface area contributed by atoms with Gasteiger partial charge in [-0.1, -0.05) is 0 Å². The Labute approximate surface area is 161 Å². The number of fused-ring (bicyclic) bond motifs is 1. The van der Waals surface area contributed by atoms with Crippen LogP contribution in [0.25, 0.3) is 17.2 Å². The summed E-state index contributed by atoms with van der Waals surface area (Å²) in [5, 5.41) is 8.87. The van der Waals surface area contributed by atoms with Gasteiger partial charge in [0.05, 0.1) is 12.3 Å². The van der Waals surface area contributed by atoms with E-state index < -0.39 is 5.91 Å². The number of hydrogen-bond acceptors (Lipinski definition) is 6. The van der Waals surface area contributed by atoms with Crippen LogP contribution in [0.1, 0.15) is 18.4 Å². The second kappa shape index (κ2) is 7.31. The van der Waals surface area contributed by atoms with Crippen LogP contribution in [-0.4, -0.2) is 57.8 Å². The van der Waals surface area contributed by atoms with Gasteiger partial charge in [0.25, 0.3) is 0 Å². The molecule has 0 aromatic carbocycles. The number of piperazine rings is 1. The molecule has 0 radical (unpaired) electrons. The lowest BCUT2D eigenvalue weighted by Gasteiger charge is -2.39. The minimum atomic E-state index is -0.521. The molecule has 0 atom stereocenters. The molecule has 1 aliphatic heterocycles. The van der Waals surface area contributed by atoms with Crippen molar-refractivity contribution in [2.24, 2.45) is 17.6 Å². The first kappa shape index (κ1) is 18.0. The Morgan fingerprint density at radius 3 is 2.71 bits per heavy atom. The van der Waals surface area contributed by atoms with Crippen molar-refractivity contribution < 1.29 is 9.59 Å². The normalized spacial score (nSPS) is 22.2. The van der Waals surface area contributed by atoms with Gasteiger partial charge >= 0.3 is 0 Å². The minimum Gasteiger partial charge on any atom is -0.366 e. The first-order valence-corrected chi connectivity index (χ1v) is 9.30. The summed E-state index contributed by atoms with van der Waals surface area (Å²) < 4.78 is 0. The summed E-state index contributed by atoms with van der Waals surface area (Å²) in [7, 11) is 0. The molecule has 0 spiro atoms. The average molecular weight is 379 g/mol. The van der Waals surface area contributed by atoms with E-state index in [-0.39, 0.29) is 17.7 Å². The molecule has 2 amide bonds. The van der Waals surface area contributed by atoms with Crippen molar-refractivity contribution in [2.75, 3.05) is 31.1 Å². The van der Waals surface area contributed by atoms with Crippen molar-refractivity contribution >= 4 is 34.9 Å². The molecule has 0 unspecified atom stereocenters. The van der Waals surface area contributed by atoms with E-state index in [0.717, 1.165) is 11.4 Å². The fourth-order valence-electron chi connectivity index (χ4n) is 3.69. The molecule has 2 aromatic heterocycles. The number of anilines is 1. The van der Waals surface area contributed by atoms with Crippen LogP contribution in [-0.2, 0) is 9.59 Å². The number of nitrogens with one attached hydrogen (secondary N) is 1. The Bertz CT molecular complexity index is 976. The fourth-order valence-corrected chi connectivity index (χ4v) is 3.69. The third kappa shape index (κ3) is 3.41. The van der Waals surface area contributed by atoms with Gasteiger partial charge in [-0.2, -0.15) is 5.26 Å². The van der Waals surface area contributed by atoms with Crippen molar-refractivity contribution in [2.45, 2.75) is 12.8 Å². The highest BCUT2D eigenvalue weighted by Crippen LogP contribution is 2.34. The van der Waals surface area contributed by atoms with Crippen LogP contribution in [0.3, 0.4) is 0 Å². The molecule has 144 valence electrons. The van der Waals surface area contributed by atoms with Gasteiger partial charge in [-0.3, -0.25) is 9.59 Å². The lowest BCUT2D eigenvalue weighted by Crippen LogP contribution is -2.52. The number of carbonyl (C=O) groups is 2. The Morgan fingerprint density at radius 1 is 1.29 bits per heavy atom. The molecule has 0 bridgehead atoms. The number of amides is 2. The minimum absolute atomic E-state index is 0.00630. The van der Waals surface area contributed by atoms with E-state index >= 15 is 0 Å². The van der Waals surface area contributed by atoms with Crippen molar-refractivity contribution in [3.8, 4) is 6.07 Å². The first-order chi connectivity index (χ1) is 13.5. The Morgan fingerprint density at radius 2 is 2.04 bits per heavy atom. The van der Waals surface area contributed by atoms with E-state index in [2.05, 4.69) is 25.9 Å². The van der Waals surface area contributed by atoms with Gasteiger partial charge in [0.1, 0.15) is 11.3 Å². The van der Waals surface area contributed by atoms with Crippen molar-refractivity contribution in [3.63, 3.8) is 0 Å². The van der Waals surface area contributed by atoms with Crippen LogP contribution in [0.2, 0.25) is 0 Å². The number of nitriles is 1. The molecular weight excluding hydrogens is 358 g/mol. The monoisotopic (exact) mass is 379 g/mol.